The van der Waals surface area contributed by atoms with Crippen molar-refractivity contribution < 1.29 is 27.5 Å². The van der Waals surface area contributed by atoms with Gasteiger partial charge in [0.05, 0.1) is 16.7 Å². The van der Waals surface area contributed by atoms with Crippen LogP contribution in [0.4, 0.5) is 13.2 Å². The van der Waals surface area contributed by atoms with E-state index in [0.29, 0.717) is 18.1 Å². The molecule has 0 heterocycles. The van der Waals surface area contributed by atoms with Gasteiger partial charge in [0, 0.05) is 4.47 Å². The predicted molar refractivity (Wildman–Crippen MR) is 84.7 cm³/mol. The molecular formula is C17H12BrF3O3. The van der Waals surface area contributed by atoms with Crippen LogP contribution in [0.2, 0.25) is 0 Å². The maximum absolute atomic E-state index is 12.9. The summed E-state index contributed by atoms with van der Waals surface area (Å²) < 4.78 is 43.7. The summed E-state index contributed by atoms with van der Waals surface area (Å²) in [6, 6.07) is 9.33. The second-order valence-electron chi connectivity index (χ2n) is 4.88. The molecule has 7 heteroatoms. The second-order valence-corrected chi connectivity index (χ2v) is 5.73. The molecule has 24 heavy (non-hydrogen) atoms. The highest BCUT2D eigenvalue weighted by Gasteiger charge is 2.33. The molecule has 0 aromatic heterocycles. The van der Waals surface area contributed by atoms with E-state index in [0.717, 1.165) is 6.07 Å². The van der Waals surface area contributed by atoms with Gasteiger partial charge in [0.15, 0.2) is 0 Å². The van der Waals surface area contributed by atoms with Gasteiger partial charge in [0.25, 0.3) is 0 Å². The Morgan fingerprint density at radius 2 is 1.71 bits per heavy atom. The number of benzene rings is 2. The van der Waals surface area contributed by atoms with E-state index in [1.807, 2.05) is 0 Å². The zero-order chi connectivity index (χ0) is 17.9. The monoisotopic (exact) mass is 400 g/mol. The third-order valence-electron chi connectivity index (χ3n) is 3.29. The first-order chi connectivity index (χ1) is 11.2. The van der Waals surface area contributed by atoms with Crippen molar-refractivity contribution in [3.63, 3.8) is 0 Å². The Kier molecular flexibility index (Phi) is 5.43. The van der Waals surface area contributed by atoms with Crippen molar-refractivity contribution in [1.82, 2.24) is 0 Å². The van der Waals surface area contributed by atoms with Crippen molar-refractivity contribution in [2.75, 3.05) is 0 Å². The summed E-state index contributed by atoms with van der Waals surface area (Å²) in [5.74, 6) is -2.04. The van der Waals surface area contributed by atoms with Crippen LogP contribution >= 0.6 is 15.9 Å². The number of halogens is 4. The van der Waals surface area contributed by atoms with Crippen LogP contribution in [0.1, 0.15) is 38.8 Å². The second kappa shape index (κ2) is 7.17. The van der Waals surface area contributed by atoms with Crippen molar-refractivity contribution in [1.29, 1.82) is 0 Å². The molecule has 2 aromatic carbocycles. The first-order valence-corrected chi connectivity index (χ1v) is 7.74. The van der Waals surface area contributed by atoms with Gasteiger partial charge >= 0.3 is 18.1 Å². The van der Waals surface area contributed by atoms with E-state index in [9.17, 15) is 22.8 Å². The van der Waals surface area contributed by atoms with Gasteiger partial charge in [-0.2, -0.15) is 13.2 Å². The van der Waals surface area contributed by atoms with E-state index >= 15 is 0 Å². The lowest BCUT2D eigenvalue weighted by Gasteiger charge is -2.14. The first-order valence-electron chi connectivity index (χ1n) is 6.95. The first kappa shape index (κ1) is 18.2. The van der Waals surface area contributed by atoms with Gasteiger partial charge in [0.2, 0.25) is 0 Å². The van der Waals surface area contributed by atoms with E-state index in [-0.39, 0.29) is 15.6 Å². The average Bonchev–Trinajstić information content (AvgIpc) is 2.53. The number of alkyl halides is 3. The Balaban J connectivity index is 2.37. The Morgan fingerprint density at radius 3 is 2.25 bits per heavy atom. The third kappa shape index (κ3) is 4.03. The molecule has 0 bridgehead atoms. The smallest absolute Gasteiger partial charge is 0.386 e. The molecule has 0 aliphatic rings. The van der Waals surface area contributed by atoms with Crippen LogP contribution in [0.25, 0.3) is 0 Å². The molecule has 126 valence electrons. The molecule has 0 N–H and O–H groups in total. The SMILES string of the molecule is CCc1c(Br)cc(C(F)(F)F)cc1C(=O)OC(=O)c1ccccc1. The number of carbonyl (C=O) groups excluding carboxylic acids is 2. The molecule has 0 aliphatic carbocycles. The Labute approximate surface area is 144 Å². The minimum absolute atomic E-state index is 0.134. The van der Waals surface area contributed by atoms with Crippen LogP contribution in [-0.2, 0) is 17.3 Å². The van der Waals surface area contributed by atoms with Crippen LogP contribution in [0.15, 0.2) is 46.9 Å². The topological polar surface area (TPSA) is 43.4 Å². The van der Waals surface area contributed by atoms with E-state index in [1.165, 1.54) is 12.1 Å². The molecule has 0 unspecified atom stereocenters. The summed E-state index contributed by atoms with van der Waals surface area (Å²) in [5, 5.41) is 0. The van der Waals surface area contributed by atoms with Crippen LogP contribution in [-0.4, -0.2) is 11.9 Å². The average molecular weight is 401 g/mol. The van der Waals surface area contributed by atoms with Crippen molar-refractivity contribution in [2.24, 2.45) is 0 Å². The van der Waals surface area contributed by atoms with Gasteiger partial charge in [-0.05, 0) is 36.2 Å². The third-order valence-corrected chi connectivity index (χ3v) is 4.00. The maximum atomic E-state index is 12.9. The Bertz CT molecular complexity index is 771. The molecule has 0 aliphatic heterocycles. The molecule has 0 radical (unpaired) electrons. The highest BCUT2D eigenvalue weighted by atomic mass is 79.9. The van der Waals surface area contributed by atoms with E-state index < -0.39 is 23.7 Å². The largest absolute Gasteiger partial charge is 0.416 e. The predicted octanol–water partition coefficient (Wildman–Crippen LogP) is 5.03. The van der Waals surface area contributed by atoms with Crippen LogP contribution in [0.5, 0.6) is 0 Å². The van der Waals surface area contributed by atoms with Gasteiger partial charge in [0.1, 0.15) is 0 Å². The van der Waals surface area contributed by atoms with Gasteiger partial charge < -0.3 is 4.74 Å². The Hall–Kier alpha value is -2.15. The summed E-state index contributed by atoms with van der Waals surface area (Å²) in [4.78, 5) is 24.1. The van der Waals surface area contributed by atoms with Crippen molar-refractivity contribution in [3.05, 3.63) is 69.2 Å². The zero-order valence-corrected chi connectivity index (χ0v) is 14.1. The van der Waals surface area contributed by atoms with Crippen molar-refractivity contribution in [2.45, 2.75) is 19.5 Å². The highest BCUT2D eigenvalue weighted by Crippen LogP contribution is 2.34. The number of rotatable bonds is 3. The fraction of sp³-hybridized carbons (Fsp3) is 0.176. The number of hydrogen-bond acceptors (Lipinski definition) is 3. The van der Waals surface area contributed by atoms with E-state index in [4.69, 9.17) is 4.74 Å². The normalized spacial score (nSPS) is 11.2. The van der Waals surface area contributed by atoms with Gasteiger partial charge in [-0.1, -0.05) is 41.1 Å². The van der Waals surface area contributed by atoms with E-state index in [1.54, 1.807) is 25.1 Å². The van der Waals surface area contributed by atoms with Crippen LogP contribution < -0.4 is 0 Å². The number of hydrogen-bond donors (Lipinski definition) is 0. The Morgan fingerprint density at radius 1 is 1.08 bits per heavy atom. The minimum atomic E-state index is -4.62. The standard InChI is InChI=1S/C17H12BrF3O3/c1-2-12-13(8-11(9-14(12)18)17(19,20)21)16(23)24-15(22)10-6-4-3-5-7-10/h3-9H,2H2,1H3. The molecule has 0 atom stereocenters. The summed E-state index contributed by atoms with van der Waals surface area (Å²) in [6.07, 6.45) is -4.32. The minimum Gasteiger partial charge on any atom is -0.386 e. The van der Waals surface area contributed by atoms with Crippen molar-refractivity contribution >= 4 is 27.9 Å². The lowest BCUT2D eigenvalue weighted by atomic mass is 10.0. The van der Waals surface area contributed by atoms with Gasteiger partial charge in [-0.3, -0.25) is 0 Å². The number of ether oxygens (including phenoxy) is 1. The fourth-order valence-electron chi connectivity index (χ4n) is 2.11. The summed E-state index contributed by atoms with van der Waals surface area (Å²) in [7, 11) is 0. The van der Waals surface area contributed by atoms with Crippen LogP contribution in [0, 0.1) is 0 Å². The molecule has 0 spiro atoms. The maximum Gasteiger partial charge on any atom is 0.416 e. The zero-order valence-electron chi connectivity index (χ0n) is 12.5. The lowest BCUT2D eigenvalue weighted by molar-refractivity contribution is -0.137. The summed E-state index contributed by atoms with van der Waals surface area (Å²) in [6.45, 7) is 1.68. The molecular weight excluding hydrogens is 389 g/mol. The van der Waals surface area contributed by atoms with E-state index in [2.05, 4.69) is 15.9 Å². The molecule has 2 aromatic rings. The molecule has 0 amide bonds. The molecule has 0 saturated heterocycles. The summed E-state index contributed by atoms with van der Waals surface area (Å²) >= 11 is 3.04. The van der Waals surface area contributed by atoms with Crippen molar-refractivity contribution in [3.8, 4) is 0 Å². The molecule has 0 saturated carbocycles. The lowest BCUT2D eigenvalue weighted by Crippen LogP contribution is -2.16. The summed E-state index contributed by atoms with van der Waals surface area (Å²) in [5.41, 5.74) is -0.807. The van der Waals surface area contributed by atoms with Crippen LogP contribution in [0.3, 0.4) is 0 Å². The highest BCUT2D eigenvalue weighted by molar-refractivity contribution is 9.10. The molecule has 0 fully saturated rings. The molecule has 2 rings (SSSR count). The van der Waals surface area contributed by atoms with Gasteiger partial charge in [-0.15, -0.1) is 0 Å². The number of carbonyl (C=O) groups is 2. The number of esters is 2. The fourth-order valence-corrected chi connectivity index (χ4v) is 2.85. The van der Waals surface area contributed by atoms with Gasteiger partial charge in [-0.25, -0.2) is 9.59 Å². The molecule has 3 nitrogen and oxygen atoms in total. The quantitative estimate of drug-likeness (QED) is 0.536.